The molecule has 0 atom stereocenters. The molecule has 0 saturated carbocycles. The first-order valence-electron chi connectivity index (χ1n) is 11.4. The molecule has 1 nitrogen and oxygen atoms in total. The highest BCUT2D eigenvalue weighted by molar-refractivity contribution is 6.73. The average molecular weight is 369 g/mol. The van der Waals surface area contributed by atoms with Crippen LogP contribution in [-0.2, 0) is 4.43 Å². The largest absolute Gasteiger partial charge is 0.413 e. The summed E-state index contributed by atoms with van der Waals surface area (Å²) in [6.45, 7) is 12.2. The molecule has 0 aromatic carbocycles. The van der Waals surface area contributed by atoms with E-state index in [2.05, 4.69) is 40.7 Å². The lowest BCUT2D eigenvalue weighted by atomic mass is 10.2. The van der Waals surface area contributed by atoms with Crippen LogP contribution in [-0.4, -0.2) is 14.9 Å². The molecule has 0 radical (unpaired) electrons. The van der Waals surface area contributed by atoms with Gasteiger partial charge in [-0.3, -0.25) is 0 Å². The van der Waals surface area contributed by atoms with E-state index in [4.69, 9.17) is 4.43 Å². The highest BCUT2D eigenvalue weighted by Gasteiger charge is 2.33. The minimum atomic E-state index is -1.56. The summed E-state index contributed by atoms with van der Waals surface area (Å²) in [6, 6.07) is 4.21. The summed E-state index contributed by atoms with van der Waals surface area (Å²) in [5.74, 6) is 0. The van der Waals surface area contributed by atoms with Crippen molar-refractivity contribution in [1.82, 2.24) is 0 Å². The van der Waals surface area contributed by atoms with Crippen molar-refractivity contribution in [2.45, 2.75) is 130 Å². The second-order valence-electron chi connectivity index (χ2n) is 8.21. The maximum atomic E-state index is 6.74. The van der Waals surface area contributed by atoms with Crippen LogP contribution in [0.5, 0.6) is 0 Å². The monoisotopic (exact) mass is 368 g/mol. The van der Waals surface area contributed by atoms with Crippen molar-refractivity contribution >= 4 is 8.32 Å². The quantitative estimate of drug-likeness (QED) is 0.133. The summed E-state index contributed by atoms with van der Waals surface area (Å²) in [6.07, 6.45) is 18.9. The molecule has 0 fully saturated rings. The molecular formula is C23H48OSi. The maximum absolute atomic E-state index is 6.74. The molecular weight excluding hydrogens is 320 g/mol. The lowest BCUT2D eigenvalue weighted by molar-refractivity contribution is 0.333. The van der Waals surface area contributed by atoms with Gasteiger partial charge in [0.15, 0.2) is 8.32 Å². The fourth-order valence-electron chi connectivity index (χ4n) is 3.60. The third-order valence-corrected chi connectivity index (χ3v) is 9.91. The van der Waals surface area contributed by atoms with Crippen LogP contribution in [0.25, 0.3) is 0 Å². The summed E-state index contributed by atoms with van der Waals surface area (Å²) in [4.78, 5) is 0. The minimum Gasteiger partial charge on any atom is -0.413 e. The van der Waals surface area contributed by atoms with Crippen LogP contribution in [0.15, 0.2) is 11.6 Å². The highest BCUT2D eigenvalue weighted by Crippen LogP contribution is 2.31. The third kappa shape index (κ3) is 14.7. The van der Waals surface area contributed by atoms with E-state index < -0.39 is 8.32 Å². The fraction of sp³-hybridized carbons (Fsp3) is 0.913. The van der Waals surface area contributed by atoms with Gasteiger partial charge in [-0.15, -0.1) is 0 Å². The van der Waals surface area contributed by atoms with Crippen LogP contribution in [0.2, 0.25) is 18.1 Å². The number of hydrogen-bond acceptors (Lipinski definition) is 1. The molecule has 0 amide bonds. The smallest absolute Gasteiger partial charge is 0.193 e. The molecule has 0 aromatic rings. The second-order valence-corrected chi connectivity index (χ2v) is 12.4. The summed E-state index contributed by atoms with van der Waals surface area (Å²) in [5.41, 5.74) is 1.39. The van der Waals surface area contributed by atoms with Gasteiger partial charge in [0.25, 0.3) is 0 Å². The SMILES string of the molecule is CCCCCC[Si](CCCCCC)(CCCCCC)OCC=C(C)C. The van der Waals surface area contributed by atoms with Crippen LogP contribution in [0.4, 0.5) is 0 Å². The summed E-state index contributed by atoms with van der Waals surface area (Å²) in [7, 11) is -1.56. The highest BCUT2D eigenvalue weighted by atomic mass is 28.4. The van der Waals surface area contributed by atoms with Crippen molar-refractivity contribution in [3.8, 4) is 0 Å². The van der Waals surface area contributed by atoms with E-state index in [0.717, 1.165) is 6.61 Å². The first-order chi connectivity index (χ1) is 12.1. The van der Waals surface area contributed by atoms with Gasteiger partial charge in [-0.1, -0.05) is 109 Å². The summed E-state index contributed by atoms with van der Waals surface area (Å²) >= 11 is 0. The Hall–Kier alpha value is -0.0831. The zero-order valence-electron chi connectivity index (χ0n) is 18.3. The lowest BCUT2D eigenvalue weighted by Gasteiger charge is -2.32. The molecule has 0 heterocycles. The molecule has 0 rings (SSSR count). The van der Waals surface area contributed by atoms with Gasteiger partial charge in [0.2, 0.25) is 0 Å². The van der Waals surface area contributed by atoms with Crippen molar-refractivity contribution in [3.63, 3.8) is 0 Å². The minimum absolute atomic E-state index is 0.865. The Bertz CT molecular complexity index is 276. The van der Waals surface area contributed by atoms with Gasteiger partial charge >= 0.3 is 0 Å². The van der Waals surface area contributed by atoms with Gasteiger partial charge in [0.1, 0.15) is 0 Å². The molecule has 0 aliphatic carbocycles. The number of allylic oxidation sites excluding steroid dienone is 1. The van der Waals surface area contributed by atoms with Crippen LogP contribution in [0.3, 0.4) is 0 Å². The van der Waals surface area contributed by atoms with Crippen molar-refractivity contribution < 1.29 is 4.43 Å². The van der Waals surface area contributed by atoms with Gasteiger partial charge < -0.3 is 4.43 Å². The molecule has 0 spiro atoms. The number of rotatable bonds is 18. The van der Waals surface area contributed by atoms with Crippen LogP contribution >= 0.6 is 0 Å². The van der Waals surface area contributed by atoms with Crippen molar-refractivity contribution in [1.29, 1.82) is 0 Å². The molecule has 2 heteroatoms. The zero-order chi connectivity index (χ0) is 18.8. The van der Waals surface area contributed by atoms with E-state index in [0.29, 0.717) is 0 Å². The van der Waals surface area contributed by atoms with Crippen LogP contribution < -0.4 is 0 Å². The van der Waals surface area contributed by atoms with Crippen LogP contribution in [0, 0.1) is 0 Å². The number of unbranched alkanes of at least 4 members (excludes halogenated alkanes) is 9. The third-order valence-electron chi connectivity index (χ3n) is 5.34. The molecule has 0 saturated heterocycles. The van der Waals surface area contributed by atoms with Gasteiger partial charge in [0.05, 0.1) is 6.61 Å². The predicted molar refractivity (Wildman–Crippen MR) is 118 cm³/mol. The normalized spacial score (nSPS) is 11.7. The lowest BCUT2D eigenvalue weighted by Crippen LogP contribution is -2.38. The van der Waals surface area contributed by atoms with E-state index in [-0.39, 0.29) is 0 Å². The van der Waals surface area contributed by atoms with Gasteiger partial charge in [-0.05, 0) is 32.0 Å². The molecule has 25 heavy (non-hydrogen) atoms. The molecule has 0 N–H and O–H groups in total. The first-order valence-corrected chi connectivity index (χ1v) is 13.9. The van der Waals surface area contributed by atoms with Gasteiger partial charge in [-0.2, -0.15) is 0 Å². The standard InChI is InChI=1S/C23H48OSi/c1-6-9-12-15-20-25(21-16-13-10-7-2,22-17-14-11-8-3)24-19-18-23(4)5/h18H,6-17,19-22H2,1-5H3. The van der Waals surface area contributed by atoms with E-state index >= 15 is 0 Å². The molecule has 0 aliphatic rings. The van der Waals surface area contributed by atoms with E-state index in [1.807, 2.05) is 0 Å². The first kappa shape index (κ1) is 24.9. The summed E-state index contributed by atoms with van der Waals surface area (Å²) in [5, 5.41) is 0. The Balaban J connectivity index is 4.76. The Kier molecular flexibility index (Phi) is 17.3. The van der Waals surface area contributed by atoms with Crippen molar-refractivity contribution in [3.05, 3.63) is 11.6 Å². The van der Waals surface area contributed by atoms with E-state index in [1.165, 1.54) is 101 Å². The second kappa shape index (κ2) is 17.3. The van der Waals surface area contributed by atoms with Gasteiger partial charge in [0, 0.05) is 0 Å². The Morgan fingerprint density at radius 1 is 0.640 bits per heavy atom. The molecule has 0 aliphatic heterocycles. The van der Waals surface area contributed by atoms with Gasteiger partial charge in [-0.25, -0.2) is 0 Å². The molecule has 0 bridgehead atoms. The van der Waals surface area contributed by atoms with Crippen molar-refractivity contribution in [2.24, 2.45) is 0 Å². The summed E-state index contributed by atoms with van der Waals surface area (Å²) < 4.78 is 6.74. The Morgan fingerprint density at radius 3 is 1.36 bits per heavy atom. The van der Waals surface area contributed by atoms with Crippen LogP contribution in [0.1, 0.15) is 112 Å². The average Bonchev–Trinajstić information content (AvgIpc) is 2.59. The predicted octanol–water partition coefficient (Wildman–Crippen LogP) is 8.66. The molecule has 150 valence electrons. The topological polar surface area (TPSA) is 9.23 Å². The maximum Gasteiger partial charge on any atom is 0.193 e. The van der Waals surface area contributed by atoms with E-state index in [1.54, 1.807) is 0 Å². The molecule has 0 aromatic heterocycles. The van der Waals surface area contributed by atoms with Crippen molar-refractivity contribution in [2.75, 3.05) is 6.61 Å². The zero-order valence-corrected chi connectivity index (χ0v) is 19.3. The fourth-order valence-corrected chi connectivity index (χ4v) is 7.90. The number of hydrogen-bond donors (Lipinski definition) is 0. The molecule has 0 unspecified atom stereocenters. The Labute approximate surface area is 161 Å². The Morgan fingerprint density at radius 2 is 1.04 bits per heavy atom. The van der Waals surface area contributed by atoms with E-state index in [9.17, 15) is 0 Å².